The Hall–Kier alpha value is -2.40. The summed E-state index contributed by atoms with van der Waals surface area (Å²) < 4.78 is 12.9. The van der Waals surface area contributed by atoms with Crippen LogP contribution in [0.25, 0.3) is 0 Å². The highest BCUT2D eigenvalue weighted by atomic mass is 19.1. The molecule has 4 nitrogen and oxygen atoms in total. The van der Waals surface area contributed by atoms with Crippen molar-refractivity contribution in [1.29, 1.82) is 0 Å². The van der Waals surface area contributed by atoms with Gasteiger partial charge in [0.2, 0.25) is 5.91 Å². The Morgan fingerprint density at radius 2 is 1.65 bits per heavy atom. The third-order valence-corrected chi connectivity index (χ3v) is 3.70. The molecular formula is C18H20FNO3. The molecule has 0 saturated carbocycles. The molecule has 23 heavy (non-hydrogen) atoms. The topological polar surface area (TPSA) is 69.6 Å². The Labute approximate surface area is 134 Å². The van der Waals surface area contributed by atoms with Crippen LogP contribution in [0.3, 0.4) is 0 Å². The molecule has 0 spiro atoms. The van der Waals surface area contributed by atoms with Crippen molar-refractivity contribution in [1.82, 2.24) is 5.32 Å². The summed E-state index contributed by atoms with van der Waals surface area (Å²) in [6.07, 6.45) is -0.575. The molecule has 5 heteroatoms. The molecule has 2 atom stereocenters. The van der Waals surface area contributed by atoms with Crippen molar-refractivity contribution in [2.45, 2.75) is 25.4 Å². The molecule has 1 amide bonds. The first kappa shape index (κ1) is 17.0. The zero-order chi connectivity index (χ0) is 16.8. The van der Waals surface area contributed by atoms with Crippen LogP contribution in [0.15, 0.2) is 48.5 Å². The van der Waals surface area contributed by atoms with E-state index in [1.54, 1.807) is 24.3 Å². The number of phenolic OH excluding ortho intramolecular Hbond substituents is 1. The van der Waals surface area contributed by atoms with E-state index in [0.717, 1.165) is 5.56 Å². The van der Waals surface area contributed by atoms with Gasteiger partial charge >= 0.3 is 0 Å². The minimum Gasteiger partial charge on any atom is -0.508 e. The van der Waals surface area contributed by atoms with Gasteiger partial charge in [-0.15, -0.1) is 0 Å². The average Bonchev–Trinajstić information content (AvgIpc) is 2.54. The number of rotatable bonds is 6. The fourth-order valence-corrected chi connectivity index (χ4v) is 2.28. The minimum atomic E-state index is -0.833. The molecule has 0 aromatic heterocycles. The molecule has 2 aromatic rings. The van der Waals surface area contributed by atoms with Gasteiger partial charge in [-0.2, -0.15) is 0 Å². The van der Waals surface area contributed by atoms with E-state index >= 15 is 0 Å². The lowest BCUT2D eigenvalue weighted by atomic mass is 9.97. The number of hydrogen-bond acceptors (Lipinski definition) is 3. The maximum Gasteiger partial charge on any atom is 0.220 e. The summed E-state index contributed by atoms with van der Waals surface area (Å²) in [4.78, 5) is 11.9. The number of amides is 1. The van der Waals surface area contributed by atoms with Crippen LogP contribution < -0.4 is 5.32 Å². The van der Waals surface area contributed by atoms with Crippen LogP contribution in [-0.2, 0) is 4.79 Å². The fraction of sp³-hybridized carbons (Fsp3) is 0.278. The zero-order valence-corrected chi connectivity index (χ0v) is 12.9. The number of nitrogens with one attached hydrogen (secondary N) is 1. The summed E-state index contributed by atoms with van der Waals surface area (Å²) in [5.74, 6) is -0.401. The number of phenols is 1. The smallest absolute Gasteiger partial charge is 0.220 e. The molecule has 2 unspecified atom stereocenters. The van der Waals surface area contributed by atoms with Gasteiger partial charge < -0.3 is 15.5 Å². The Morgan fingerprint density at radius 1 is 1.09 bits per heavy atom. The van der Waals surface area contributed by atoms with E-state index < -0.39 is 6.10 Å². The van der Waals surface area contributed by atoms with Crippen LogP contribution in [-0.4, -0.2) is 22.7 Å². The highest BCUT2D eigenvalue weighted by Crippen LogP contribution is 2.20. The lowest BCUT2D eigenvalue weighted by Gasteiger charge is -2.15. The standard InChI is InChI=1S/C18H20FNO3/c1-12(13-2-6-15(19)7-3-13)10-18(23)20-11-17(22)14-4-8-16(21)9-5-14/h2-9,12,17,21-22H,10-11H2,1H3,(H,20,23). The molecule has 0 saturated heterocycles. The first-order valence-electron chi connectivity index (χ1n) is 7.45. The summed E-state index contributed by atoms with van der Waals surface area (Å²) in [7, 11) is 0. The van der Waals surface area contributed by atoms with Gasteiger partial charge in [-0.1, -0.05) is 31.2 Å². The Bertz CT molecular complexity index is 640. The lowest BCUT2D eigenvalue weighted by Crippen LogP contribution is -2.29. The van der Waals surface area contributed by atoms with Gasteiger partial charge in [0.25, 0.3) is 0 Å². The van der Waals surface area contributed by atoms with Gasteiger partial charge in [-0.3, -0.25) is 4.79 Å². The average molecular weight is 317 g/mol. The molecule has 0 radical (unpaired) electrons. The summed E-state index contributed by atoms with van der Waals surface area (Å²) in [5.41, 5.74) is 1.51. The molecule has 0 aliphatic rings. The first-order valence-corrected chi connectivity index (χ1v) is 7.45. The van der Waals surface area contributed by atoms with Crippen molar-refractivity contribution in [2.75, 3.05) is 6.54 Å². The zero-order valence-electron chi connectivity index (χ0n) is 12.9. The van der Waals surface area contributed by atoms with Crippen LogP contribution in [0.5, 0.6) is 5.75 Å². The van der Waals surface area contributed by atoms with Gasteiger partial charge in [0.1, 0.15) is 11.6 Å². The second kappa shape index (κ2) is 7.74. The molecule has 2 aromatic carbocycles. The highest BCUT2D eigenvalue weighted by Gasteiger charge is 2.13. The molecule has 2 rings (SSSR count). The monoisotopic (exact) mass is 317 g/mol. The second-order valence-electron chi connectivity index (χ2n) is 5.57. The lowest BCUT2D eigenvalue weighted by molar-refractivity contribution is -0.121. The third kappa shape index (κ3) is 5.07. The van der Waals surface area contributed by atoms with Crippen LogP contribution in [0.2, 0.25) is 0 Å². The highest BCUT2D eigenvalue weighted by molar-refractivity contribution is 5.76. The van der Waals surface area contributed by atoms with E-state index in [1.807, 2.05) is 6.92 Å². The number of carbonyl (C=O) groups excluding carboxylic acids is 1. The molecule has 0 aliphatic heterocycles. The Kier molecular flexibility index (Phi) is 5.71. The molecule has 0 bridgehead atoms. The summed E-state index contributed by atoms with van der Waals surface area (Å²) >= 11 is 0. The Balaban J connectivity index is 1.82. The predicted octanol–water partition coefficient (Wildman–Crippen LogP) is 2.87. The van der Waals surface area contributed by atoms with Gasteiger partial charge in [-0.25, -0.2) is 4.39 Å². The Morgan fingerprint density at radius 3 is 2.26 bits per heavy atom. The van der Waals surface area contributed by atoms with Gasteiger partial charge in [-0.05, 0) is 41.3 Å². The van der Waals surface area contributed by atoms with Crippen molar-refractivity contribution < 1.29 is 19.4 Å². The van der Waals surface area contributed by atoms with E-state index in [-0.39, 0.29) is 36.4 Å². The van der Waals surface area contributed by atoms with Gasteiger partial charge in [0, 0.05) is 13.0 Å². The minimum absolute atomic E-state index is 0.0404. The molecular weight excluding hydrogens is 297 g/mol. The molecule has 122 valence electrons. The number of aliphatic hydroxyl groups is 1. The van der Waals surface area contributed by atoms with Crippen molar-refractivity contribution in [2.24, 2.45) is 0 Å². The molecule has 0 aliphatic carbocycles. The molecule has 3 N–H and O–H groups in total. The quantitative estimate of drug-likeness (QED) is 0.767. The number of benzene rings is 2. The van der Waals surface area contributed by atoms with Crippen LogP contribution in [0, 0.1) is 5.82 Å². The second-order valence-corrected chi connectivity index (χ2v) is 5.57. The SMILES string of the molecule is CC(CC(=O)NCC(O)c1ccc(O)cc1)c1ccc(F)cc1. The van der Waals surface area contributed by atoms with Crippen LogP contribution in [0.4, 0.5) is 4.39 Å². The predicted molar refractivity (Wildman–Crippen MR) is 85.5 cm³/mol. The molecule has 0 heterocycles. The van der Waals surface area contributed by atoms with E-state index in [0.29, 0.717) is 5.56 Å². The number of aromatic hydroxyl groups is 1. The fourth-order valence-electron chi connectivity index (χ4n) is 2.28. The van der Waals surface area contributed by atoms with E-state index in [9.17, 15) is 19.4 Å². The van der Waals surface area contributed by atoms with Gasteiger partial charge in [0.15, 0.2) is 0 Å². The van der Waals surface area contributed by atoms with E-state index in [1.165, 1.54) is 24.3 Å². The van der Waals surface area contributed by atoms with E-state index in [4.69, 9.17) is 0 Å². The van der Waals surface area contributed by atoms with E-state index in [2.05, 4.69) is 5.32 Å². The normalized spacial score (nSPS) is 13.3. The largest absolute Gasteiger partial charge is 0.508 e. The van der Waals surface area contributed by atoms with Crippen LogP contribution >= 0.6 is 0 Å². The number of hydrogen-bond donors (Lipinski definition) is 3. The van der Waals surface area contributed by atoms with Crippen molar-refractivity contribution in [3.8, 4) is 5.75 Å². The number of aliphatic hydroxyl groups excluding tert-OH is 1. The maximum atomic E-state index is 12.9. The summed E-state index contributed by atoms with van der Waals surface area (Å²) in [6, 6.07) is 12.3. The van der Waals surface area contributed by atoms with Crippen molar-refractivity contribution in [3.63, 3.8) is 0 Å². The summed E-state index contributed by atoms with van der Waals surface area (Å²) in [6.45, 7) is 1.99. The van der Waals surface area contributed by atoms with Gasteiger partial charge in [0.05, 0.1) is 6.10 Å². The van der Waals surface area contributed by atoms with Crippen molar-refractivity contribution in [3.05, 3.63) is 65.5 Å². The van der Waals surface area contributed by atoms with Crippen molar-refractivity contribution >= 4 is 5.91 Å². The van der Waals surface area contributed by atoms with Crippen LogP contribution in [0.1, 0.15) is 36.5 Å². The molecule has 0 fully saturated rings. The summed E-state index contributed by atoms with van der Waals surface area (Å²) in [5, 5.41) is 21.9. The maximum absolute atomic E-state index is 12.9. The number of carbonyl (C=O) groups is 1. The number of halogens is 1. The third-order valence-electron chi connectivity index (χ3n) is 3.70. The first-order chi connectivity index (χ1) is 11.0.